The summed E-state index contributed by atoms with van der Waals surface area (Å²) in [5, 5.41) is 3.48. The first kappa shape index (κ1) is 26.1. The lowest BCUT2D eigenvalue weighted by atomic mass is 10.0. The molecule has 3 aliphatic heterocycles. The van der Waals surface area contributed by atoms with Gasteiger partial charge in [0, 0.05) is 44.1 Å². The van der Waals surface area contributed by atoms with Gasteiger partial charge in [0.15, 0.2) is 5.82 Å². The number of fused-ring (bicyclic) bond motifs is 2. The molecule has 0 aliphatic carbocycles. The van der Waals surface area contributed by atoms with E-state index in [0.717, 1.165) is 42.5 Å². The van der Waals surface area contributed by atoms with E-state index in [-0.39, 0.29) is 30.2 Å². The number of nitrogens with one attached hydrogen (secondary N) is 1. The zero-order valence-corrected chi connectivity index (χ0v) is 23.8. The summed E-state index contributed by atoms with van der Waals surface area (Å²) in [5.74, 6) is 1.06. The molecule has 202 valence electrons. The number of piperidine rings is 1. The van der Waals surface area contributed by atoms with Gasteiger partial charge in [0.05, 0.1) is 32.3 Å². The molecule has 11 heteroatoms. The summed E-state index contributed by atoms with van der Waals surface area (Å²) in [6.07, 6.45) is 5.52. The second-order valence-corrected chi connectivity index (χ2v) is 12.4. The average Bonchev–Trinajstić information content (AvgIpc) is 3.22. The maximum Gasteiger partial charge on any atom is 0.261 e. The van der Waals surface area contributed by atoms with Gasteiger partial charge in [-0.15, -0.1) is 0 Å². The van der Waals surface area contributed by atoms with Crippen LogP contribution in [0.2, 0.25) is 0 Å². The van der Waals surface area contributed by atoms with E-state index in [1.807, 2.05) is 4.31 Å². The van der Waals surface area contributed by atoms with Gasteiger partial charge in [-0.25, -0.2) is 13.5 Å². The molecule has 0 saturated carbocycles. The molecule has 1 aromatic heterocycles. The minimum atomic E-state index is -1.28. The molecule has 1 fully saturated rings. The molecule has 1 saturated heterocycles. The van der Waals surface area contributed by atoms with Gasteiger partial charge >= 0.3 is 0 Å². The van der Waals surface area contributed by atoms with Crippen LogP contribution in [0.15, 0.2) is 59.2 Å². The zero-order valence-electron chi connectivity index (χ0n) is 21.4. The normalized spacial score (nSPS) is 18.7. The van der Waals surface area contributed by atoms with Gasteiger partial charge in [-0.05, 0) is 65.4 Å². The fourth-order valence-electron chi connectivity index (χ4n) is 5.50. The first-order chi connectivity index (χ1) is 19.0. The van der Waals surface area contributed by atoms with Crippen LogP contribution in [0.1, 0.15) is 45.5 Å². The number of para-hydroxylation sites is 1. The number of aromatic nitrogens is 2. The number of imide groups is 1. The quantitative estimate of drug-likeness (QED) is 0.402. The van der Waals surface area contributed by atoms with Crippen LogP contribution >= 0.6 is 15.9 Å². The van der Waals surface area contributed by atoms with Crippen molar-refractivity contribution in [3.8, 4) is 0 Å². The molecule has 3 aromatic rings. The van der Waals surface area contributed by atoms with Crippen molar-refractivity contribution in [2.45, 2.75) is 31.7 Å². The summed E-state index contributed by atoms with van der Waals surface area (Å²) in [5.41, 5.74) is 3.35. The first-order valence-corrected chi connectivity index (χ1v) is 15.3. The number of aryl methyl sites for hydroxylation is 1. The Balaban J connectivity index is 1.04. The highest BCUT2D eigenvalue weighted by Gasteiger charge is 2.35. The molecule has 1 atom stereocenters. The van der Waals surface area contributed by atoms with E-state index in [2.05, 4.69) is 55.4 Å². The van der Waals surface area contributed by atoms with Crippen LogP contribution in [0.4, 0.5) is 17.5 Å². The lowest BCUT2D eigenvalue weighted by Crippen LogP contribution is -2.43. The van der Waals surface area contributed by atoms with E-state index >= 15 is 0 Å². The third kappa shape index (κ3) is 5.22. The van der Waals surface area contributed by atoms with Crippen molar-refractivity contribution in [1.82, 2.24) is 19.2 Å². The summed E-state index contributed by atoms with van der Waals surface area (Å²) in [4.78, 5) is 38.0. The Morgan fingerprint density at radius 3 is 2.41 bits per heavy atom. The topological polar surface area (TPSA) is 98.7 Å². The molecule has 9 nitrogen and oxygen atoms in total. The van der Waals surface area contributed by atoms with Gasteiger partial charge in [-0.1, -0.05) is 30.3 Å². The van der Waals surface area contributed by atoms with E-state index < -0.39 is 11.0 Å². The van der Waals surface area contributed by atoms with Crippen LogP contribution in [0.5, 0.6) is 0 Å². The fraction of sp³-hybridized carbons (Fsp3) is 0.357. The molecule has 0 spiro atoms. The number of carbonyl (C=O) groups excluding carboxylic acids is 2. The maximum absolute atomic E-state index is 13.0. The second kappa shape index (κ2) is 11.1. The molecule has 2 amide bonds. The van der Waals surface area contributed by atoms with Crippen LogP contribution in [0.3, 0.4) is 0 Å². The van der Waals surface area contributed by atoms with E-state index in [1.165, 1.54) is 16.2 Å². The van der Waals surface area contributed by atoms with Gasteiger partial charge in [0.1, 0.15) is 0 Å². The predicted molar refractivity (Wildman–Crippen MR) is 155 cm³/mol. The fourth-order valence-corrected chi connectivity index (χ4v) is 7.12. The van der Waals surface area contributed by atoms with Crippen molar-refractivity contribution < 1.29 is 13.8 Å². The Labute approximate surface area is 238 Å². The first-order valence-electron chi connectivity index (χ1n) is 13.2. The lowest BCUT2D eigenvalue weighted by Gasteiger charge is -2.33. The van der Waals surface area contributed by atoms with Gasteiger partial charge in [0.25, 0.3) is 11.8 Å². The highest BCUT2D eigenvalue weighted by atomic mass is 79.9. The number of rotatable bonds is 7. The molecule has 4 heterocycles. The van der Waals surface area contributed by atoms with Crippen molar-refractivity contribution in [3.63, 3.8) is 0 Å². The molecule has 3 aliphatic rings. The Kier molecular flexibility index (Phi) is 7.46. The molecule has 6 rings (SSSR count). The average molecular weight is 610 g/mol. The summed E-state index contributed by atoms with van der Waals surface area (Å²) >= 11 is 3.64. The van der Waals surface area contributed by atoms with Gasteiger partial charge in [-0.2, -0.15) is 4.98 Å². The summed E-state index contributed by atoms with van der Waals surface area (Å²) in [6.45, 7) is 2.34. The number of carbonyl (C=O) groups is 2. The third-order valence-corrected chi connectivity index (χ3v) is 9.57. The number of halogens is 1. The number of hydrogen-bond acceptors (Lipinski definition) is 7. The molecule has 39 heavy (non-hydrogen) atoms. The van der Waals surface area contributed by atoms with Gasteiger partial charge in [0.2, 0.25) is 5.95 Å². The van der Waals surface area contributed by atoms with E-state index in [1.54, 1.807) is 30.5 Å². The monoisotopic (exact) mass is 608 g/mol. The Hall–Kier alpha value is -3.15. The van der Waals surface area contributed by atoms with Crippen molar-refractivity contribution in [2.24, 2.45) is 0 Å². The molecular weight excluding hydrogens is 580 g/mol. The number of anilines is 3. The molecule has 0 radical (unpaired) electrons. The lowest BCUT2D eigenvalue weighted by molar-refractivity contribution is 0.0664. The number of amides is 2. The Morgan fingerprint density at radius 1 is 0.974 bits per heavy atom. The van der Waals surface area contributed by atoms with Crippen LogP contribution in [0.25, 0.3) is 0 Å². The Bertz CT molecular complexity index is 1410. The highest BCUT2D eigenvalue weighted by molar-refractivity contribution is 9.10. The summed E-state index contributed by atoms with van der Waals surface area (Å²) in [6, 6.07) is 15.4. The van der Waals surface area contributed by atoms with Crippen molar-refractivity contribution >= 4 is 56.2 Å². The zero-order chi connectivity index (χ0) is 26.9. The van der Waals surface area contributed by atoms with E-state index in [9.17, 15) is 13.8 Å². The molecular formula is C28H29BrN6O3S. The number of nitrogens with zero attached hydrogens (tertiary/aromatic N) is 5. The van der Waals surface area contributed by atoms with Crippen LogP contribution in [-0.4, -0.2) is 73.2 Å². The number of benzene rings is 2. The van der Waals surface area contributed by atoms with Crippen LogP contribution < -0.4 is 10.2 Å². The summed E-state index contributed by atoms with van der Waals surface area (Å²) in [7, 11) is -1.28. The van der Waals surface area contributed by atoms with Crippen LogP contribution in [-0.2, 0) is 17.4 Å². The van der Waals surface area contributed by atoms with E-state index in [4.69, 9.17) is 4.98 Å². The van der Waals surface area contributed by atoms with Crippen LogP contribution in [0, 0.1) is 0 Å². The van der Waals surface area contributed by atoms with Crippen molar-refractivity contribution in [2.75, 3.05) is 42.1 Å². The largest absolute Gasteiger partial charge is 0.351 e. The SMILES string of the molecule is O=C1c2ccccc2C(=O)N1CCS(=O)N1CCC(Nc2ncc(Br)c(N3CCCc4ccccc43)n2)CC1. The smallest absolute Gasteiger partial charge is 0.261 e. The maximum atomic E-state index is 13.0. The molecule has 0 bridgehead atoms. The van der Waals surface area contributed by atoms with Crippen molar-refractivity contribution in [1.29, 1.82) is 0 Å². The Morgan fingerprint density at radius 2 is 1.67 bits per heavy atom. The molecule has 1 N–H and O–H groups in total. The molecule has 1 unspecified atom stereocenters. The number of hydrogen-bond donors (Lipinski definition) is 1. The minimum absolute atomic E-state index is 0.145. The molecule has 2 aromatic carbocycles. The van der Waals surface area contributed by atoms with Gasteiger partial charge < -0.3 is 10.2 Å². The highest BCUT2D eigenvalue weighted by Crippen LogP contribution is 2.36. The third-order valence-electron chi connectivity index (χ3n) is 7.53. The predicted octanol–water partition coefficient (Wildman–Crippen LogP) is 4.16. The van der Waals surface area contributed by atoms with E-state index in [0.29, 0.717) is 30.2 Å². The standard InChI is InChI=1S/C28H29BrN6O3S/c29-23-18-30-28(32-25(23)34-13-5-7-19-6-1-4-10-24(19)34)31-20-11-14-33(15-12-20)39(38)17-16-35-26(36)21-8-2-3-9-22(21)27(35)37/h1-4,6,8-10,18,20H,5,7,11-17H2,(H,30,31,32). The second-order valence-electron chi connectivity index (χ2n) is 9.93. The van der Waals surface area contributed by atoms with Gasteiger partial charge in [-0.3, -0.25) is 14.5 Å². The summed E-state index contributed by atoms with van der Waals surface area (Å²) < 4.78 is 15.8. The van der Waals surface area contributed by atoms with Crippen molar-refractivity contribution in [3.05, 3.63) is 75.9 Å². The minimum Gasteiger partial charge on any atom is -0.351 e.